The molecule has 2 aliphatic rings. The van der Waals surface area contributed by atoms with Crippen LogP contribution in [0.3, 0.4) is 0 Å². The average molecular weight is 441 g/mol. The van der Waals surface area contributed by atoms with Crippen molar-refractivity contribution in [3.63, 3.8) is 0 Å². The van der Waals surface area contributed by atoms with Gasteiger partial charge in [-0.05, 0) is 42.7 Å². The third kappa shape index (κ3) is 4.02. The number of carbonyl (C=O) groups is 3. The average Bonchev–Trinajstić information content (AvgIpc) is 3.29. The van der Waals surface area contributed by atoms with Crippen LogP contribution in [0.25, 0.3) is 0 Å². The summed E-state index contributed by atoms with van der Waals surface area (Å²) in [5, 5.41) is 5.57. The van der Waals surface area contributed by atoms with E-state index in [1.807, 2.05) is 32.0 Å². The quantitative estimate of drug-likeness (QED) is 0.667. The molecule has 0 saturated carbocycles. The van der Waals surface area contributed by atoms with Crippen LogP contribution in [-0.4, -0.2) is 42.5 Å². The van der Waals surface area contributed by atoms with E-state index in [1.165, 1.54) is 6.26 Å². The van der Waals surface area contributed by atoms with E-state index >= 15 is 0 Å². The first kappa shape index (κ1) is 21.7. The Hall–Kier alpha value is -3.49. The van der Waals surface area contributed by atoms with E-state index in [9.17, 15) is 14.4 Å². The molecule has 1 aromatic carbocycles. The summed E-state index contributed by atoms with van der Waals surface area (Å²) < 4.78 is 16.8. The Labute approximate surface area is 186 Å². The van der Waals surface area contributed by atoms with E-state index in [0.29, 0.717) is 30.5 Å². The third-order valence-corrected chi connectivity index (χ3v) is 5.70. The first-order valence-corrected chi connectivity index (χ1v) is 10.7. The maximum absolute atomic E-state index is 12.9. The molecule has 4 rings (SSSR count). The van der Waals surface area contributed by atoms with Crippen LogP contribution in [0.4, 0.5) is 4.79 Å². The summed E-state index contributed by atoms with van der Waals surface area (Å²) in [6.07, 6.45) is 2.23. The van der Waals surface area contributed by atoms with Gasteiger partial charge in [0.25, 0.3) is 5.91 Å². The van der Waals surface area contributed by atoms with Gasteiger partial charge >= 0.3 is 6.03 Å². The summed E-state index contributed by atoms with van der Waals surface area (Å²) in [5.41, 5.74) is -0.484. The van der Waals surface area contributed by atoms with E-state index < -0.39 is 29.9 Å². The molecule has 32 heavy (non-hydrogen) atoms. The first-order chi connectivity index (χ1) is 15.3. The Kier molecular flexibility index (Phi) is 5.82. The van der Waals surface area contributed by atoms with Gasteiger partial charge in [0.1, 0.15) is 12.3 Å². The topological polar surface area (TPSA) is 110 Å². The largest absolute Gasteiger partial charge is 0.490 e. The molecule has 2 atom stereocenters. The maximum atomic E-state index is 12.9. The summed E-state index contributed by atoms with van der Waals surface area (Å²) in [7, 11) is 0. The molecule has 4 amide bonds. The van der Waals surface area contributed by atoms with Gasteiger partial charge in [0.05, 0.1) is 25.5 Å². The Morgan fingerprint density at radius 1 is 1.19 bits per heavy atom. The molecule has 3 heterocycles. The normalized spacial score (nSPS) is 21.3. The molecule has 1 fully saturated rings. The molecule has 0 bridgehead atoms. The van der Waals surface area contributed by atoms with Crippen molar-refractivity contribution in [2.45, 2.75) is 38.8 Å². The fourth-order valence-electron chi connectivity index (χ4n) is 3.94. The summed E-state index contributed by atoms with van der Waals surface area (Å²) in [6.45, 7) is 6.29. The number of hydrogen-bond acceptors (Lipinski definition) is 6. The van der Waals surface area contributed by atoms with E-state index in [1.54, 1.807) is 19.1 Å². The molecular formula is C23H27N3O6. The second-order valence-electron chi connectivity index (χ2n) is 8.47. The van der Waals surface area contributed by atoms with Gasteiger partial charge < -0.3 is 24.5 Å². The van der Waals surface area contributed by atoms with Crippen molar-refractivity contribution in [1.82, 2.24) is 15.5 Å². The summed E-state index contributed by atoms with van der Waals surface area (Å²) in [6, 6.07) is 7.87. The van der Waals surface area contributed by atoms with Crippen LogP contribution in [-0.2, 0) is 15.1 Å². The molecule has 0 aliphatic carbocycles. The maximum Gasteiger partial charge on any atom is 0.325 e. The van der Waals surface area contributed by atoms with Crippen molar-refractivity contribution in [3.05, 3.63) is 47.9 Å². The lowest BCUT2D eigenvalue weighted by molar-refractivity contribution is -0.135. The Balaban J connectivity index is 1.48. The minimum absolute atomic E-state index is 0.0557. The van der Waals surface area contributed by atoms with Crippen LogP contribution in [0.5, 0.6) is 11.5 Å². The predicted molar refractivity (Wildman–Crippen MR) is 114 cm³/mol. The molecule has 2 aromatic rings. The lowest BCUT2D eigenvalue weighted by Gasteiger charge is -2.25. The molecule has 1 saturated heterocycles. The van der Waals surface area contributed by atoms with Crippen LogP contribution < -0.4 is 20.1 Å². The van der Waals surface area contributed by atoms with Crippen molar-refractivity contribution in [2.75, 3.05) is 19.8 Å². The van der Waals surface area contributed by atoms with Gasteiger partial charge in [0.2, 0.25) is 5.91 Å². The highest BCUT2D eigenvalue weighted by atomic mass is 16.5. The van der Waals surface area contributed by atoms with E-state index in [4.69, 9.17) is 13.9 Å². The SMILES string of the molecule is CC(C)[C@@H](NC(=O)CN1C(=O)N[C@@](C)(c2ccco2)C1=O)c1ccc2c(c1)OCCCO2. The fraction of sp³-hybridized carbons (Fsp3) is 0.435. The molecule has 2 N–H and O–H groups in total. The van der Waals surface area contributed by atoms with Crippen molar-refractivity contribution < 1.29 is 28.3 Å². The number of benzene rings is 1. The minimum atomic E-state index is -1.34. The minimum Gasteiger partial charge on any atom is -0.490 e. The lowest BCUT2D eigenvalue weighted by Crippen LogP contribution is -2.44. The fourth-order valence-corrected chi connectivity index (χ4v) is 3.94. The highest BCUT2D eigenvalue weighted by molar-refractivity contribution is 6.08. The van der Waals surface area contributed by atoms with Gasteiger partial charge in [-0.2, -0.15) is 0 Å². The molecule has 0 radical (unpaired) electrons. The van der Waals surface area contributed by atoms with Crippen LogP contribution in [0.2, 0.25) is 0 Å². The van der Waals surface area contributed by atoms with E-state index in [0.717, 1.165) is 16.9 Å². The summed E-state index contributed by atoms with van der Waals surface area (Å²) >= 11 is 0. The van der Waals surface area contributed by atoms with Gasteiger partial charge in [-0.15, -0.1) is 0 Å². The number of urea groups is 1. The lowest BCUT2D eigenvalue weighted by atomic mass is 9.95. The number of nitrogens with one attached hydrogen (secondary N) is 2. The monoisotopic (exact) mass is 441 g/mol. The number of ether oxygens (including phenoxy) is 2. The second kappa shape index (κ2) is 8.57. The smallest absolute Gasteiger partial charge is 0.325 e. The number of amides is 4. The van der Waals surface area contributed by atoms with Crippen LogP contribution >= 0.6 is 0 Å². The van der Waals surface area contributed by atoms with Crippen LogP contribution in [0.1, 0.15) is 44.6 Å². The molecule has 9 heteroatoms. The second-order valence-corrected chi connectivity index (χ2v) is 8.47. The highest BCUT2D eigenvalue weighted by Crippen LogP contribution is 2.34. The van der Waals surface area contributed by atoms with Crippen molar-refractivity contribution in [3.8, 4) is 11.5 Å². The number of furan rings is 1. The van der Waals surface area contributed by atoms with Crippen molar-refractivity contribution in [2.24, 2.45) is 5.92 Å². The molecule has 0 spiro atoms. The van der Waals surface area contributed by atoms with Crippen LogP contribution in [0.15, 0.2) is 41.0 Å². The van der Waals surface area contributed by atoms with Gasteiger partial charge in [-0.3, -0.25) is 14.5 Å². The number of hydrogen-bond donors (Lipinski definition) is 2. The Morgan fingerprint density at radius 3 is 2.62 bits per heavy atom. The predicted octanol–water partition coefficient (Wildman–Crippen LogP) is 2.72. The molecule has 2 aliphatic heterocycles. The number of rotatable bonds is 6. The molecule has 170 valence electrons. The van der Waals surface area contributed by atoms with E-state index in [2.05, 4.69) is 10.6 Å². The van der Waals surface area contributed by atoms with Gasteiger partial charge in [0, 0.05) is 6.42 Å². The Bertz CT molecular complexity index is 1020. The molecule has 1 aromatic heterocycles. The molecular weight excluding hydrogens is 414 g/mol. The number of fused-ring (bicyclic) bond motifs is 1. The van der Waals surface area contributed by atoms with Gasteiger partial charge in [-0.25, -0.2) is 4.79 Å². The zero-order valence-corrected chi connectivity index (χ0v) is 18.3. The van der Waals surface area contributed by atoms with Crippen LogP contribution in [0, 0.1) is 5.92 Å². The van der Waals surface area contributed by atoms with Crippen molar-refractivity contribution >= 4 is 17.8 Å². The molecule has 0 unspecified atom stereocenters. The summed E-state index contributed by atoms with van der Waals surface area (Å²) in [5.74, 6) is 0.707. The zero-order chi connectivity index (χ0) is 22.9. The Morgan fingerprint density at radius 2 is 1.94 bits per heavy atom. The van der Waals surface area contributed by atoms with Crippen molar-refractivity contribution in [1.29, 1.82) is 0 Å². The van der Waals surface area contributed by atoms with Gasteiger partial charge in [-0.1, -0.05) is 19.9 Å². The number of imide groups is 1. The van der Waals surface area contributed by atoms with Gasteiger partial charge in [0.15, 0.2) is 17.0 Å². The molecule has 9 nitrogen and oxygen atoms in total. The van der Waals surface area contributed by atoms with E-state index in [-0.39, 0.29) is 12.0 Å². The summed E-state index contributed by atoms with van der Waals surface area (Å²) in [4.78, 5) is 39.1. The highest BCUT2D eigenvalue weighted by Gasteiger charge is 2.51. The number of nitrogens with zero attached hydrogens (tertiary/aromatic N) is 1. The third-order valence-electron chi connectivity index (χ3n) is 5.70. The first-order valence-electron chi connectivity index (χ1n) is 10.7. The zero-order valence-electron chi connectivity index (χ0n) is 18.3. The standard InChI is InChI=1S/C23H27N3O6/c1-14(2)20(15-7-8-16-17(12-15)31-11-5-10-30-16)24-19(27)13-26-21(28)23(3,25-22(26)29)18-6-4-9-32-18/h4,6-9,12,14,20H,5,10-11,13H2,1-3H3,(H,24,27)(H,25,29)/t20-,23+/m1/s1. The number of carbonyl (C=O) groups excluding carboxylic acids is 3.